The number of benzene rings is 1. The van der Waals surface area contributed by atoms with E-state index >= 15 is 0 Å². The van der Waals surface area contributed by atoms with Gasteiger partial charge in [-0.2, -0.15) is 0 Å². The van der Waals surface area contributed by atoms with E-state index in [0.29, 0.717) is 0 Å². The molecule has 9 heteroatoms. The standard InChI is InChI=1S/C8H4F5NO2S/c9-4-3(1-2-17(14,15)16)5(10)7(12)8(13)6(4)11/h1-2H,(H2,14,15,16)/b2-1-. The lowest BCUT2D eigenvalue weighted by Gasteiger charge is -2.03. The summed E-state index contributed by atoms with van der Waals surface area (Å²) in [4.78, 5) is 0. The Hall–Kier alpha value is -1.48. The number of rotatable bonds is 2. The van der Waals surface area contributed by atoms with Gasteiger partial charge in [-0.05, 0) is 6.08 Å². The van der Waals surface area contributed by atoms with E-state index in [-0.39, 0.29) is 11.5 Å². The number of hydrogen-bond donors (Lipinski definition) is 1. The summed E-state index contributed by atoms with van der Waals surface area (Å²) >= 11 is 0. The monoisotopic (exact) mass is 273 g/mol. The van der Waals surface area contributed by atoms with E-state index in [9.17, 15) is 30.4 Å². The van der Waals surface area contributed by atoms with Gasteiger partial charge in [-0.3, -0.25) is 0 Å². The summed E-state index contributed by atoms with van der Waals surface area (Å²) in [5, 5.41) is 4.58. The fourth-order valence-electron chi connectivity index (χ4n) is 0.931. The van der Waals surface area contributed by atoms with Crippen LogP contribution in [0.15, 0.2) is 5.41 Å². The van der Waals surface area contributed by atoms with Gasteiger partial charge >= 0.3 is 0 Å². The summed E-state index contributed by atoms with van der Waals surface area (Å²) in [7, 11) is -4.24. The largest absolute Gasteiger partial charge is 0.231 e. The first-order valence-corrected chi connectivity index (χ1v) is 5.48. The van der Waals surface area contributed by atoms with E-state index in [1.165, 1.54) is 0 Å². The molecule has 1 aromatic rings. The van der Waals surface area contributed by atoms with Crippen LogP contribution in [0.1, 0.15) is 5.56 Å². The first-order valence-electron chi connectivity index (χ1n) is 3.87. The molecule has 17 heavy (non-hydrogen) atoms. The Morgan fingerprint density at radius 3 is 1.53 bits per heavy atom. The summed E-state index contributed by atoms with van der Waals surface area (Å²) in [6.07, 6.45) is 0.186. The molecule has 0 amide bonds. The van der Waals surface area contributed by atoms with E-state index in [4.69, 9.17) is 0 Å². The second-order valence-electron chi connectivity index (χ2n) is 2.88. The Kier molecular flexibility index (Phi) is 3.53. The molecule has 0 aromatic heterocycles. The number of halogens is 5. The molecule has 0 aliphatic carbocycles. The first-order chi connectivity index (χ1) is 7.65. The zero-order chi connectivity index (χ0) is 13.4. The van der Waals surface area contributed by atoms with Crippen LogP contribution >= 0.6 is 0 Å². The lowest BCUT2D eigenvalue weighted by atomic mass is 10.1. The number of nitrogens with two attached hydrogens (primary N) is 1. The second kappa shape index (κ2) is 4.41. The van der Waals surface area contributed by atoms with Crippen LogP contribution in [0.4, 0.5) is 22.0 Å². The van der Waals surface area contributed by atoms with Crippen LogP contribution in [0.3, 0.4) is 0 Å². The van der Waals surface area contributed by atoms with Crippen molar-refractivity contribution in [3.05, 3.63) is 40.1 Å². The van der Waals surface area contributed by atoms with Crippen LogP contribution in [-0.2, 0) is 10.0 Å². The predicted molar refractivity (Wildman–Crippen MR) is 48.4 cm³/mol. The molecule has 0 heterocycles. The summed E-state index contributed by atoms with van der Waals surface area (Å²) < 4.78 is 84.7. The summed E-state index contributed by atoms with van der Waals surface area (Å²) in [5.74, 6) is -10.9. The smallest absolute Gasteiger partial charge is 0.225 e. The highest BCUT2D eigenvalue weighted by molar-refractivity contribution is 7.92. The third-order valence-corrected chi connectivity index (χ3v) is 2.18. The van der Waals surface area contributed by atoms with Crippen molar-refractivity contribution < 1.29 is 30.4 Å². The van der Waals surface area contributed by atoms with Crippen molar-refractivity contribution in [1.29, 1.82) is 0 Å². The third kappa shape index (κ3) is 2.80. The van der Waals surface area contributed by atoms with Crippen LogP contribution in [0.2, 0.25) is 0 Å². The van der Waals surface area contributed by atoms with Crippen LogP contribution in [0.5, 0.6) is 0 Å². The van der Waals surface area contributed by atoms with Gasteiger partial charge in [0.25, 0.3) is 0 Å². The zero-order valence-electron chi connectivity index (χ0n) is 7.85. The zero-order valence-corrected chi connectivity index (χ0v) is 8.66. The van der Waals surface area contributed by atoms with Gasteiger partial charge < -0.3 is 0 Å². The molecule has 0 aliphatic heterocycles. The number of primary sulfonamides is 1. The fraction of sp³-hybridized carbons (Fsp3) is 0. The molecule has 0 saturated heterocycles. The maximum Gasteiger partial charge on any atom is 0.231 e. The highest BCUT2D eigenvalue weighted by Crippen LogP contribution is 2.23. The van der Waals surface area contributed by atoms with Gasteiger partial charge in [0.2, 0.25) is 15.8 Å². The van der Waals surface area contributed by atoms with Crippen molar-refractivity contribution in [2.45, 2.75) is 0 Å². The minimum absolute atomic E-state index is 0.116. The lowest BCUT2D eigenvalue weighted by molar-refractivity contribution is 0.377. The minimum atomic E-state index is -4.24. The Balaban J connectivity index is 3.51. The van der Waals surface area contributed by atoms with Crippen LogP contribution < -0.4 is 5.14 Å². The quantitative estimate of drug-likeness (QED) is 0.506. The van der Waals surface area contributed by atoms with Gasteiger partial charge in [0.15, 0.2) is 23.3 Å². The maximum absolute atomic E-state index is 13.0. The molecular formula is C8H4F5NO2S. The van der Waals surface area contributed by atoms with Crippen molar-refractivity contribution in [2.75, 3.05) is 0 Å². The average Bonchev–Trinajstić information content (AvgIpc) is 2.22. The van der Waals surface area contributed by atoms with Gasteiger partial charge in [0.1, 0.15) is 0 Å². The normalized spacial score (nSPS) is 12.4. The third-order valence-electron chi connectivity index (χ3n) is 1.67. The molecule has 94 valence electrons. The Morgan fingerprint density at radius 1 is 0.824 bits per heavy atom. The minimum Gasteiger partial charge on any atom is -0.225 e. The van der Waals surface area contributed by atoms with Crippen LogP contribution in [0, 0.1) is 29.1 Å². The van der Waals surface area contributed by atoms with Crippen LogP contribution in [-0.4, -0.2) is 8.42 Å². The molecule has 0 saturated carbocycles. The molecule has 0 radical (unpaired) electrons. The van der Waals surface area contributed by atoms with Gasteiger partial charge in [-0.1, -0.05) is 0 Å². The van der Waals surface area contributed by atoms with Crippen LogP contribution in [0.25, 0.3) is 6.08 Å². The van der Waals surface area contributed by atoms with Gasteiger partial charge in [0, 0.05) is 5.41 Å². The van der Waals surface area contributed by atoms with Crippen molar-refractivity contribution in [3.8, 4) is 0 Å². The molecule has 1 rings (SSSR count). The molecule has 0 bridgehead atoms. The van der Waals surface area contributed by atoms with Crippen molar-refractivity contribution >= 4 is 16.1 Å². The molecule has 3 nitrogen and oxygen atoms in total. The van der Waals surface area contributed by atoms with Gasteiger partial charge in [-0.25, -0.2) is 35.5 Å². The molecule has 2 N–H and O–H groups in total. The lowest BCUT2D eigenvalue weighted by Crippen LogP contribution is -2.08. The molecule has 0 unspecified atom stereocenters. The summed E-state index contributed by atoms with van der Waals surface area (Å²) in [5.41, 5.74) is -1.38. The molecular weight excluding hydrogens is 269 g/mol. The second-order valence-corrected chi connectivity index (χ2v) is 4.33. The van der Waals surface area contributed by atoms with Gasteiger partial charge in [0.05, 0.1) is 5.56 Å². The summed E-state index contributed by atoms with van der Waals surface area (Å²) in [6.45, 7) is 0. The number of sulfonamides is 1. The SMILES string of the molecule is NS(=O)(=O)/C=C\c1c(F)c(F)c(F)c(F)c1F. The Labute approximate surface area is 92.4 Å². The maximum atomic E-state index is 13.0. The predicted octanol–water partition coefficient (Wildman–Crippen LogP) is 1.64. The topological polar surface area (TPSA) is 60.2 Å². The van der Waals surface area contributed by atoms with E-state index in [0.717, 1.165) is 0 Å². The van der Waals surface area contributed by atoms with E-state index < -0.39 is 44.7 Å². The van der Waals surface area contributed by atoms with Crippen molar-refractivity contribution in [2.24, 2.45) is 5.14 Å². The first kappa shape index (κ1) is 13.6. The van der Waals surface area contributed by atoms with Gasteiger partial charge in [-0.15, -0.1) is 0 Å². The molecule has 0 fully saturated rings. The molecule has 0 atom stereocenters. The molecule has 0 spiro atoms. The fourth-order valence-corrected chi connectivity index (χ4v) is 1.26. The number of hydrogen-bond acceptors (Lipinski definition) is 2. The van der Waals surface area contributed by atoms with Crippen molar-refractivity contribution in [3.63, 3.8) is 0 Å². The molecule has 0 aliphatic rings. The van der Waals surface area contributed by atoms with Crippen molar-refractivity contribution in [1.82, 2.24) is 0 Å². The highest BCUT2D eigenvalue weighted by Gasteiger charge is 2.24. The van der Waals surface area contributed by atoms with E-state index in [1.807, 2.05) is 0 Å². The Morgan fingerprint density at radius 2 is 1.18 bits per heavy atom. The highest BCUT2D eigenvalue weighted by atomic mass is 32.2. The van der Waals surface area contributed by atoms with E-state index in [2.05, 4.69) is 5.14 Å². The van der Waals surface area contributed by atoms with E-state index in [1.54, 1.807) is 0 Å². The molecule has 1 aromatic carbocycles. The summed E-state index contributed by atoms with van der Waals surface area (Å²) in [6, 6.07) is 0. The Bertz CT molecular complexity index is 567. The average molecular weight is 273 g/mol.